The van der Waals surface area contributed by atoms with Crippen LogP contribution in [-0.4, -0.2) is 30.0 Å². The summed E-state index contributed by atoms with van der Waals surface area (Å²) in [7, 11) is 2.83. The van der Waals surface area contributed by atoms with E-state index in [0.717, 1.165) is 10.2 Å². The van der Waals surface area contributed by atoms with Crippen molar-refractivity contribution in [1.29, 1.82) is 0 Å². The average Bonchev–Trinajstić information content (AvgIpc) is 2.53. The van der Waals surface area contributed by atoms with Gasteiger partial charge in [0.15, 0.2) is 6.04 Å². The van der Waals surface area contributed by atoms with E-state index in [-0.39, 0.29) is 5.56 Å². The van der Waals surface area contributed by atoms with Crippen molar-refractivity contribution in [2.24, 2.45) is 0 Å². The molecule has 2 rings (SSSR count). The Labute approximate surface area is 121 Å². The third-order valence-corrected chi connectivity index (χ3v) is 3.12. The second kappa shape index (κ2) is 6.21. The maximum atomic E-state index is 11.9. The van der Waals surface area contributed by atoms with Crippen LogP contribution in [0.2, 0.25) is 0 Å². The Morgan fingerprint density at radius 1 is 1.19 bits per heavy atom. The monoisotopic (exact) mass is 288 g/mol. The highest BCUT2D eigenvalue weighted by molar-refractivity contribution is 5.73. The number of ether oxygens (including phenoxy) is 2. The largest absolute Gasteiger partial charge is 0.496 e. The number of para-hydroxylation sites is 1. The standard InChI is InChI=1S/C15H16N2O4/c1-10(15(19)21-3)17-14(18)9-8-12(16-17)11-6-4-5-7-13(11)20-2/h4-10H,1-3H3/t10-/m1/s1. The summed E-state index contributed by atoms with van der Waals surface area (Å²) in [5.74, 6) is 0.114. The van der Waals surface area contributed by atoms with Crippen LogP contribution in [0.15, 0.2) is 41.2 Å². The molecule has 0 aliphatic heterocycles. The zero-order chi connectivity index (χ0) is 15.4. The highest BCUT2D eigenvalue weighted by Crippen LogP contribution is 2.27. The number of nitrogens with zero attached hydrogens (tertiary/aromatic N) is 2. The molecule has 110 valence electrons. The van der Waals surface area contributed by atoms with Gasteiger partial charge in [-0.1, -0.05) is 12.1 Å². The minimum Gasteiger partial charge on any atom is -0.496 e. The van der Waals surface area contributed by atoms with Gasteiger partial charge in [0.05, 0.1) is 19.9 Å². The number of hydrogen-bond acceptors (Lipinski definition) is 5. The molecule has 2 aromatic rings. The molecule has 6 heteroatoms. The van der Waals surface area contributed by atoms with E-state index < -0.39 is 12.0 Å². The maximum absolute atomic E-state index is 11.9. The molecule has 1 aromatic carbocycles. The van der Waals surface area contributed by atoms with E-state index >= 15 is 0 Å². The van der Waals surface area contributed by atoms with E-state index in [1.54, 1.807) is 26.2 Å². The van der Waals surface area contributed by atoms with Crippen molar-refractivity contribution in [3.8, 4) is 17.0 Å². The molecule has 1 heterocycles. The molecule has 1 aromatic heterocycles. The number of benzene rings is 1. The quantitative estimate of drug-likeness (QED) is 0.800. The molecule has 0 unspecified atom stereocenters. The number of methoxy groups -OCH3 is 2. The zero-order valence-electron chi connectivity index (χ0n) is 12.1. The van der Waals surface area contributed by atoms with E-state index in [1.165, 1.54) is 13.2 Å². The van der Waals surface area contributed by atoms with Crippen molar-refractivity contribution in [2.75, 3.05) is 14.2 Å². The van der Waals surface area contributed by atoms with Gasteiger partial charge in [0.2, 0.25) is 0 Å². The molecular formula is C15H16N2O4. The average molecular weight is 288 g/mol. The first-order valence-corrected chi connectivity index (χ1v) is 6.39. The SMILES string of the molecule is COC(=O)[C@@H](C)n1nc(-c2ccccc2OC)ccc1=O. The summed E-state index contributed by atoms with van der Waals surface area (Å²) in [5.41, 5.74) is 0.917. The Bertz CT molecular complexity index is 709. The van der Waals surface area contributed by atoms with Crippen molar-refractivity contribution in [2.45, 2.75) is 13.0 Å². The fourth-order valence-electron chi connectivity index (χ4n) is 1.97. The van der Waals surface area contributed by atoms with Crippen LogP contribution in [0, 0.1) is 0 Å². The van der Waals surface area contributed by atoms with Gasteiger partial charge in [-0.3, -0.25) is 4.79 Å². The Balaban J connectivity index is 2.53. The number of hydrogen-bond donors (Lipinski definition) is 0. The molecule has 0 bridgehead atoms. The number of aromatic nitrogens is 2. The summed E-state index contributed by atoms with van der Waals surface area (Å²) in [5, 5.41) is 4.24. The third kappa shape index (κ3) is 2.94. The number of carbonyl (C=O) groups is 1. The fraction of sp³-hybridized carbons (Fsp3) is 0.267. The molecule has 21 heavy (non-hydrogen) atoms. The Morgan fingerprint density at radius 2 is 1.90 bits per heavy atom. The van der Waals surface area contributed by atoms with Crippen molar-refractivity contribution < 1.29 is 14.3 Å². The lowest BCUT2D eigenvalue weighted by atomic mass is 10.1. The van der Waals surface area contributed by atoms with Crippen LogP contribution in [0.25, 0.3) is 11.3 Å². The van der Waals surface area contributed by atoms with Gasteiger partial charge in [0, 0.05) is 11.6 Å². The molecule has 0 saturated carbocycles. The molecular weight excluding hydrogens is 272 g/mol. The molecule has 0 radical (unpaired) electrons. The number of rotatable bonds is 4. The predicted octanol–water partition coefficient (Wildman–Crippen LogP) is 1.65. The molecule has 0 aliphatic carbocycles. The summed E-state index contributed by atoms with van der Waals surface area (Å²) in [4.78, 5) is 23.5. The van der Waals surface area contributed by atoms with Gasteiger partial charge < -0.3 is 9.47 Å². The second-order valence-corrected chi connectivity index (χ2v) is 4.40. The number of carbonyl (C=O) groups excluding carboxylic acids is 1. The van der Waals surface area contributed by atoms with Crippen molar-refractivity contribution >= 4 is 5.97 Å². The molecule has 0 saturated heterocycles. The van der Waals surface area contributed by atoms with Crippen LogP contribution in [0.5, 0.6) is 5.75 Å². The molecule has 1 atom stereocenters. The number of esters is 1. The van der Waals surface area contributed by atoms with Crippen LogP contribution in [0.4, 0.5) is 0 Å². The predicted molar refractivity (Wildman–Crippen MR) is 77.2 cm³/mol. The first-order valence-electron chi connectivity index (χ1n) is 6.39. The van der Waals surface area contributed by atoms with Gasteiger partial charge in [-0.05, 0) is 25.1 Å². The van der Waals surface area contributed by atoms with Crippen molar-refractivity contribution in [3.05, 3.63) is 46.8 Å². The lowest BCUT2D eigenvalue weighted by Crippen LogP contribution is -2.30. The molecule has 0 aliphatic rings. The third-order valence-electron chi connectivity index (χ3n) is 3.12. The normalized spacial score (nSPS) is 11.8. The smallest absolute Gasteiger partial charge is 0.330 e. The van der Waals surface area contributed by atoms with Gasteiger partial charge >= 0.3 is 5.97 Å². The second-order valence-electron chi connectivity index (χ2n) is 4.40. The van der Waals surface area contributed by atoms with Gasteiger partial charge in [0.1, 0.15) is 5.75 Å². The molecule has 0 amide bonds. The van der Waals surface area contributed by atoms with E-state index in [2.05, 4.69) is 9.84 Å². The fourth-order valence-corrected chi connectivity index (χ4v) is 1.97. The summed E-state index contributed by atoms with van der Waals surface area (Å²) in [6.45, 7) is 1.56. The van der Waals surface area contributed by atoms with Crippen LogP contribution in [-0.2, 0) is 9.53 Å². The molecule has 6 nitrogen and oxygen atoms in total. The lowest BCUT2D eigenvalue weighted by molar-refractivity contribution is -0.144. The minimum absolute atomic E-state index is 0.369. The Morgan fingerprint density at radius 3 is 2.57 bits per heavy atom. The highest BCUT2D eigenvalue weighted by atomic mass is 16.5. The maximum Gasteiger partial charge on any atom is 0.330 e. The minimum atomic E-state index is -0.794. The topological polar surface area (TPSA) is 70.4 Å². The lowest BCUT2D eigenvalue weighted by Gasteiger charge is -2.13. The van der Waals surface area contributed by atoms with E-state index in [1.807, 2.05) is 18.2 Å². The Kier molecular flexibility index (Phi) is 4.37. The molecule has 0 fully saturated rings. The van der Waals surface area contributed by atoms with Crippen LogP contribution < -0.4 is 10.3 Å². The van der Waals surface area contributed by atoms with Crippen LogP contribution >= 0.6 is 0 Å². The summed E-state index contributed by atoms with van der Waals surface area (Å²) in [6, 6.07) is 9.50. The van der Waals surface area contributed by atoms with E-state index in [9.17, 15) is 9.59 Å². The van der Waals surface area contributed by atoms with Crippen LogP contribution in [0.1, 0.15) is 13.0 Å². The highest BCUT2D eigenvalue weighted by Gasteiger charge is 2.19. The molecule has 0 spiro atoms. The van der Waals surface area contributed by atoms with Crippen molar-refractivity contribution in [1.82, 2.24) is 9.78 Å². The first kappa shape index (κ1) is 14.8. The molecule has 0 N–H and O–H groups in total. The first-order chi connectivity index (χ1) is 10.1. The van der Waals surface area contributed by atoms with Gasteiger partial charge in [0.25, 0.3) is 5.56 Å². The van der Waals surface area contributed by atoms with E-state index in [0.29, 0.717) is 11.4 Å². The van der Waals surface area contributed by atoms with Crippen molar-refractivity contribution in [3.63, 3.8) is 0 Å². The van der Waals surface area contributed by atoms with Gasteiger partial charge in [-0.2, -0.15) is 5.10 Å². The summed E-state index contributed by atoms with van der Waals surface area (Å²) >= 11 is 0. The Hall–Kier alpha value is -2.63. The zero-order valence-corrected chi connectivity index (χ0v) is 12.1. The van der Waals surface area contributed by atoms with E-state index in [4.69, 9.17) is 4.74 Å². The van der Waals surface area contributed by atoms with Gasteiger partial charge in [-0.25, -0.2) is 9.48 Å². The summed E-state index contributed by atoms with van der Waals surface area (Å²) < 4.78 is 11.0. The van der Waals surface area contributed by atoms with Crippen LogP contribution in [0.3, 0.4) is 0 Å². The summed E-state index contributed by atoms with van der Waals surface area (Å²) in [6.07, 6.45) is 0. The van der Waals surface area contributed by atoms with Gasteiger partial charge in [-0.15, -0.1) is 0 Å².